The van der Waals surface area contributed by atoms with E-state index in [1.165, 1.54) is 9.80 Å². The van der Waals surface area contributed by atoms with Gasteiger partial charge in [-0.2, -0.15) is 0 Å². The van der Waals surface area contributed by atoms with Gasteiger partial charge in [0.25, 0.3) is 0 Å². The van der Waals surface area contributed by atoms with Gasteiger partial charge in [-0.3, -0.25) is 0 Å². The lowest BCUT2D eigenvalue weighted by Crippen LogP contribution is -2.56. The van der Waals surface area contributed by atoms with Crippen LogP contribution < -0.4 is 4.74 Å². The summed E-state index contributed by atoms with van der Waals surface area (Å²) in [5, 5.41) is 18.2. The smallest absolute Gasteiger partial charge is 0.407 e. The molecule has 2 rings (SSSR count). The fourth-order valence-corrected chi connectivity index (χ4v) is 2.36. The van der Waals surface area contributed by atoms with E-state index in [4.69, 9.17) is 14.9 Å². The van der Waals surface area contributed by atoms with Crippen molar-refractivity contribution in [3.63, 3.8) is 0 Å². The Morgan fingerprint density at radius 3 is 2.48 bits per heavy atom. The van der Waals surface area contributed by atoms with Gasteiger partial charge in [-0.25, -0.2) is 9.59 Å². The van der Waals surface area contributed by atoms with Gasteiger partial charge in [0.15, 0.2) is 0 Å². The predicted octanol–water partition coefficient (Wildman–Crippen LogP) is 1.80. The molecule has 7 nitrogen and oxygen atoms in total. The lowest BCUT2D eigenvalue weighted by molar-refractivity contribution is 0.0562. The monoisotopic (exact) mass is 294 g/mol. The summed E-state index contributed by atoms with van der Waals surface area (Å²) in [5.41, 5.74) is 0. The summed E-state index contributed by atoms with van der Waals surface area (Å²) in [6.45, 7) is 0.918. The van der Waals surface area contributed by atoms with Crippen molar-refractivity contribution in [2.45, 2.75) is 12.5 Å². The number of piperazine rings is 1. The van der Waals surface area contributed by atoms with Crippen LogP contribution in [0.5, 0.6) is 5.75 Å². The molecule has 0 unspecified atom stereocenters. The van der Waals surface area contributed by atoms with E-state index in [0.29, 0.717) is 18.8 Å². The van der Waals surface area contributed by atoms with E-state index in [-0.39, 0.29) is 25.7 Å². The Morgan fingerprint density at radius 1 is 1.14 bits per heavy atom. The summed E-state index contributed by atoms with van der Waals surface area (Å²) >= 11 is 0. The number of benzene rings is 1. The maximum atomic E-state index is 11.2. The van der Waals surface area contributed by atoms with Crippen LogP contribution in [0.15, 0.2) is 30.3 Å². The lowest BCUT2D eigenvalue weighted by atomic mass is 10.1. The average molecular weight is 294 g/mol. The van der Waals surface area contributed by atoms with Crippen LogP contribution in [0, 0.1) is 0 Å². The molecule has 0 aliphatic carbocycles. The second-order valence-corrected chi connectivity index (χ2v) is 4.81. The molecule has 1 heterocycles. The summed E-state index contributed by atoms with van der Waals surface area (Å²) in [6.07, 6.45) is -1.59. The van der Waals surface area contributed by atoms with Crippen molar-refractivity contribution in [2.24, 2.45) is 0 Å². The normalized spacial score (nSPS) is 18.4. The van der Waals surface area contributed by atoms with Crippen molar-refractivity contribution in [3.05, 3.63) is 30.3 Å². The molecule has 114 valence electrons. The van der Waals surface area contributed by atoms with Gasteiger partial charge in [0, 0.05) is 26.1 Å². The van der Waals surface area contributed by atoms with Crippen molar-refractivity contribution in [2.75, 3.05) is 26.2 Å². The molecular formula is C14H18N2O5. The molecular weight excluding hydrogens is 276 g/mol. The van der Waals surface area contributed by atoms with Crippen LogP contribution in [-0.4, -0.2) is 64.5 Å². The Balaban J connectivity index is 1.90. The molecule has 0 aromatic heterocycles. The second kappa shape index (κ2) is 6.83. The Kier molecular flexibility index (Phi) is 4.86. The highest BCUT2D eigenvalue weighted by atomic mass is 16.5. The van der Waals surface area contributed by atoms with Gasteiger partial charge in [-0.1, -0.05) is 18.2 Å². The molecule has 0 radical (unpaired) electrons. The minimum absolute atomic E-state index is 0.180. The van der Waals surface area contributed by atoms with Crippen LogP contribution >= 0.6 is 0 Å². The van der Waals surface area contributed by atoms with E-state index >= 15 is 0 Å². The van der Waals surface area contributed by atoms with Gasteiger partial charge in [0.2, 0.25) is 0 Å². The van der Waals surface area contributed by atoms with Crippen molar-refractivity contribution >= 4 is 12.2 Å². The summed E-state index contributed by atoms with van der Waals surface area (Å²) in [6, 6.07) is 8.84. The third kappa shape index (κ3) is 4.01. The fourth-order valence-electron chi connectivity index (χ4n) is 2.36. The highest BCUT2D eigenvalue weighted by molar-refractivity contribution is 5.68. The maximum absolute atomic E-state index is 11.2. The number of carbonyl (C=O) groups is 2. The SMILES string of the molecule is O=C(O)N1CCN(C(=O)O)[C@H](CCOc2ccccc2)C1. The molecule has 0 bridgehead atoms. The lowest BCUT2D eigenvalue weighted by Gasteiger charge is -2.38. The molecule has 7 heteroatoms. The molecule has 1 aromatic rings. The first kappa shape index (κ1) is 15.0. The topological polar surface area (TPSA) is 90.3 Å². The number of rotatable bonds is 4. The third-order valence-corrected chi connectivity index (χ3v) is 3.46. The van der Waals surface area contributed by atoms with Crippen LogP contribution in [0.4, 0.5) is 9.59 Å². The molecule has 0 saturated carbocycles. The molecule has 2 N–H and O–H groups in total. The molecule has 1 aliphatic rings. The first-order valence-electron chi connectivity index (χ1n) is 6.73. The van der Waals surface area contributed by atoms with Crippen molar-refractivity contribution in [1.29, 1.82) is 0 Å². The standard InChI is InChI=1S/C14H18N2O5/c17-13(18)15-7-8-16(14(19)20)11(10-15)6-9-21-12-4-2-1-3-5-12/h1-5,11H,6-10H2,(H,17,18)(H,19,20)/t11-/m1/s1. The zero-order valence-corrected chi connectivity index (χ0v) is 11.5. The third-order valence-electron chi connectivity index (χ3n) is 3.46. The second-order valence-electron chi connectivity index (χ2n) is 4.81. The van der Waals surface area contributed by atoms with Gasteiger partial charge in [0.05, 0.1) is 12.6 Å². The number of hydrogen-bond acceptors (Lipinski definition) is 3. The average Bonchev–Trinajstić information content (AvgIpc) is 2.48. The Hall–Kier alpha value is -2.44. The number of para-hydroxylation sites is 1. The van der Waals surface area contributed by atoms with Gasteiger partial charge in [0.1, 0.15) is 5.75 Å². The molecule has 21 heavy (non-hydrogen) atoms. The van der Waals surface area contributed by atoms with Gasteiger partial charge < -0.3 is 24.7 Å². The molecule has 1 fully saturated rings. The largest absolute Gasteiger partial charge is 0.494 e. The summed E-state index contributed by atoms with van der Waals surface area (Å²) in [4.78, 5) is 24.7. The summed E-state index contributed by atoms with van der Waals surface area (Å²) in [7, 11) is 0. The molecule has 2 amide bonds. The number of ether oxygens (including phenoxy) is 1. The Labute approximate surface area is 122 Å². The molecule has 1 saturated heterocycles. The van der Waals surface area contributed by atoms with E-state index in [1.807, 2.05) is 30.3 Å². The number of amides is 2. The van der Waals surface area contributed by atoms with E-state index in [0.717, 1.165) is 0 Å². The summed E-state index contributed by atoms with van der Waals surface area (Å²) < 4.78 is 5.55. The highest BCUT2D eigenvalue weighted by Gasteiger charge is 2.32. The van der Waals surface area contributed by atoms with Gasteiger partial charge >= 0.3 is 12.2 Å². The highest BCUT2D eigenvalue weighted by Crippen LogP contribution is 2.15. The molecule has 0 spiro atoms. The van der Waals surface area contributed by atoms with Gasteiger partial charge in [-0.15, -0.1) is 0 Å². The fraction of sp³-hybridized carbons (Fsp3) is 0.429. The number of hydrogen-bond donors (Lipinski definition) is 2. The number of carboxylic acid groups (broad SMARTS) is 2. The van der Waals surface area contributed by atoms with Crippen molar-refractivity contribution < 1.29 is 24.5 Å². The van der Waals surface area contributed by atoms with Crippen molar-refractivity contribution in [3.8, 4) is 5.75 Å². The Bertz CT molecular complexity index is 493. The van der Waals surface area contributed by atoms with E-state index in [9.17, 15) is 9.59 Å². The van der Waals surface area contributed by atoms with Crippen LogP contribution in [0.25, 0.3) is 0 Å². The molecule has 1 aliphatic heterocycles. The minimum Gasteiger partial charge on any atom is -0.494 e. The quantitative estimate of drug-likeness (QED) is 0.883. The first-order valence-corrected chi connectivity index (χ1v) is 6.73. The van der Waals surface area contributed by atoms with Crippen LogP contribution in [0.3, 0.4) is 0 Å². The molecule has 1 aromatic carbocycles. The zero-order valence-electron chi connectivity index (χ0n) is 11.5. The predicted molar refractivity (Wildman–Crippen MR) is 74.7 cm³/mol. The maximum Gasteiger partial charge on any atom is 0.407 e. The summed E-state index contributed by atoms with van der Waals surface area (Å²) in [5.74, 6) is 0.713. The van der Waals surface area contributed by atoms with Crippen molar-refractivity contribution in [1.82, 2.24) is 9.80 Å². The number of nitrogens with zero attached hydrogens (tertiary/aromatic N) is 2. The zero-order chi connectivity index (χ0) is 15.2. The van der Waals surface area contributed by atoms with Crippen LogP contribution in [0.1, 0.15) is 6.42 Å². The van der Waals surface area contributed by atoms with Crippen LogP contribution in [0.2, 0.25) is 0 Å². The van der Waals surface area contributed by atoms with Crippen LogP contribution in [-0.2, 0) is 0 Å². The minimum atomic E-state index is -1.02. The van der Waals surface area contributed by atoms with E-state index in [2.05, 4.69) is 0 Å². The van der Waals surface area contributed by atoms with E-state index < -0.39 is 12.2 Å². The molecule has 1 atom stereocenters. The van der Waals surface area contributed by atoms with E-state index in [1.54, 1.807) is 0 Å². The first-order chi connectivity index (χ1) is 10.1. The Morgan fingerprint density at radius 2 is 1.86 bits per heavy atom. The van der Waals surface area contributed by atoms with Gasteiger partial charge in [-0.05, 0) is 12.1 Å².